The molecule has 0 aromatic heterocycles. The number of nitrogens with zero attached hydrogens (tertiary/aromatic N) is 2. The molecule has 0 spiro atoms. The molecule has 0 atom stereocenters. The molecular weight excluding hydrogens is 268 g/mol. The van der Waals surface area contributed by atoms with E-state index in [1.54, 1.807) is 37.4 Å². The van der Waals surface area contributed by atoms with Crippen molar-refractivity contribution in [3.63, 3.8) is 0 Å². The summed E-state index contributed by atoms with van der Waals surface area (Å²) >= 11 is 0. The van der Waals surface area contributed by atoms with Gasteiger partial charge in [0, 0.05) is 12.7 Å². The molecule has 6 heteroatoms. The Hall–Kier alpha value is -3.07. The predicted octanol–water partition coefficient (Wildman–Crippen LogP) is 3.45. The summed E-state index contributed by atoms with van der Waals surface area (Å²) in [7, 11) is 1.64. The molecule has 106 valence electrons. The standard InChI is InChI=1S/C15H14N4O2/c1-17-13-3-2-4-14(15(13)19(20)21)18-12-7-5-11(6-8-12)9-10-16/h2-8,17-18H,9H2,1H3. The number of nitriles is 1. The van der Waals surface area contributed by atoms with Crippen LogP contribution in [0.15, 0.2) is 42.5 Å². The van der Waals surface area contributed by atoms with E-state index in [0.29, 0.717) is 17.8 Å². The zero-order valence-electron chi connectivity index (χ0n) is 11.5. The molecule has 2 rings (SSSR count). The Balaban J connectivity index is 2.31. The molecule has 0 amide bonds. The van der Waals surface area contributed by atoms with E-state index in [9.17, 15) is 10.1 Å². The van der Waals surface area contributed by atoms with Gasteiger partial charge in [0.2, 0.25) is 0 Å². The van der Waals surface area contributed by atoms with E-state index >= 15 is 0 Å². The second-order valence-electron chi connectivity index (χ2n) is 4.37. The van der Waals surface area contributed by atoms with Gasteiger partial charge in [-0.05, 0) is 29.8 Å². The van der Waals surface area contributed by atoms with Gasteiger partial charge in [0.05, 0.1) is 17.4 Å². The van der Waals surface area contributed by atoms with E-state index in [1.807, 2.05) is 12.1 Å². The maximum Gasteiger partial charge on any atom is 0.315 e. The number of benzene rings is 2. The smallest absolute Gasteiger partial charge is 0.315 e. The Kier molecular flexibility index (Phi) is 4.36. The van der Waals surface area contributed by atoms with E-state index < -0.39 is 4.92 Å². The van der Waals surface area contributed by atoms with Gasteiger partial charge in [0.15, 0.2) is 0 Å². The summed E-state index contributed by atoms with van der Waals surface area (Å²) < 4.78 is 0. The topological polar surface area (TPSA) is 91.0 Å². The Morgan fingerprint density at radius 2 is 1.86 bits per heavy atom. The first-order valence-electron chi connectivity index (χ1n) is 6.33. The Labute approximate surface area is 122 Å². The highest BCUT2D eigenvalue weighted by Gasteiger charge is 2.18. The van der Waals surface area contributed by atoms with Crippen LogP contribution in [0.1, 0.15) is 5.56 Å². The quantitative estimate of drug-likeness (QED) is 0.647. The molecule has 2 N–H and O–H groups in total. The van der Waals surface area contributed by atoms with Crippen molar-refractivity contribution in [2.75, 3.05) is 17.7 Å². The van der Waals surface area contributed by atoms with Crippen molar-refractivity contribution in [2.24, 2.45) is 0 Å². The van der Waals surface area contributed by atoms with Crippen LogP contribution in [-0.2, 0) is 6.42 Å². The number of nitro benzene ring substituents is 1. The van der Waals surface area contributed by atoms with Crippen molar-refractivity contribution in [3.05, 3.63) is 58.1 Å². The minimum atomic E-state index is -0.418. The van der Waals surface area contributed by atoms with Crippen LogP contribution in [0, 0.1) is 21.4 Å². The van der Waals surface area contributed by atoms with Gasteiger partial charge in [-0.1, -0.05) is 18.2 Å². The number of hydrogen-bond donors (Lipinski definition) is 2. The molecule has 0 saturated heterocycles. The number of nitrogens with one attached hydrogen (secondary N) is 2. The van der Waals surface area contributed by atoms with E-state index in [4.69, 9.17) is 5.26 Å². The van der Waals surface area contributed by atoms with E-state index in [1.165, 1.54) is 0 Å². The number of para-hydroxylation sites is 1. The molecule has 0 aliphatic carbocycles. The fourth-order valence-corrected chi connectivity index (χ4v) is 2.00. The van der Waals surface area contributed by atoms with Crippen molar-refractivity contribution in [3.8, 4) is 6.07 Å². The van der Waals surface area contributed by atoms with Crippen LogP contribution < -0.4 is 10.6 Å². The molecular formula is C15H14N4O2. The first-order valence-corrected chi connectivity index (χ1v) is 6.33. The fraction of sp³-hybridized carbons (Fsp3) is 0.133. The SMILES string of the molecule is CNc1cccc(Nc2ccc(CC#N)cc2)c1[N+](=O)[O-]. The summed E-state index contributed by atoms with van der Waals surface area (Å²) in [6.07, 6.45) is 0.343. The first-order chi connectivity index (χ1) is 10.2. The third-order valence-electron chi connectivity index (χ3n) is 3.00. The average Bonchev–Trinajstić information content (AvgIpc) is 2.49. The molecule has 0 heterocycles. The molecule has 0 radical (unpaired) electrons. The van der Waals surface area contributed by atoms with Gasteiger partial charge < -0.3 is 10.6 Å². The minimum absolute atomic E-state index is 0.00102. The molecule has 0 unspecified atom stereocenters. The molecule has 2 aromatic rings. The summed E-state index contributed by atoms with van der Waals surface area (Å²) in [6.45, 7) is 0. The number of nitro groups is 1. The highest BCUT2D eigenvalue weighted by molar-refractivity contribution is 5.79. The lowest BCUT2D eigenvalue weighted by molar-refractivity contribution is -0.383. The first kappa shape index (κ1) is 14.3. The van der Waals surface area contributed by atoms with E-state index in [-0.39, 0.29) is 5.69 Å². The van der Waals surface area contributed by atoms with Gasteiger partial charge in [-0.25, -0.2) is 0 Å². The van der Waals surface area contributed by atoms with Gasteiger partial charge >= 0.3 is 5.69 Å². The van der Waals surface area contributed by atoms with Gasteiger partial charge in [-0.2, -0.15) is 5.26 Å². The number of anilines is 3. The summed E-state index contributed by atoms with van der Waals surface area (Å²) in [5, 5.41) is 25.7. The zero-order chi connectivity index (χ0) is 15.2. The van der Waals surface area contributed by atoms with Gasteiger partial charge in [-0.15, -0.1) is 0 Å². The average molecular weight is 282 g/mol. The molecule has 0 aliphatic rings. The third kappa shape index (κ3) is 3.28. The van der Waals surface area contributed by atoms with Crippen molar-refractivity contribution < 1.29 is 4.92 Å². The minimum Gasteiger partial charge on any atom is -0.382 e. The predicted molar refractivity (Wildman–Crippen MR) is 81.7 cm³/mol. The summed E-state index contributed by atoms with van der Waals surface area (Å²) in [6, 6.07) is 14.3. The normalized spacial score (nSPS) is 9.71. The highest BCUT2D eigenvalue weighted by Crippen LogP contribution is 2.34. The van der Waals surface area contributed by atoms with Crippen LogP contribution in [0.4, 0.5) is 22.7 Å². The van der Waals surface area contributed by atoms with Crippen molar-refractivity contribution in [2.45, 2.75) is 6.42 Å². The number of hydrogen-bond acceptors (Lipinski definition) is 5. The van der Waals surface area contributed by atoms with Crippen LogP contribution in [0.3, 0.4) is 0 Å². The van der Waals surface area contributed by atoms with Gasteiger partial charge in [0.25, 0.3) is 0 Å². The van der Waals surface area contributed by atoms with Crippen LogP contribution in [0.5, 0.6) is 0 Å². The molecule has 6 nitrogen and oxygen atoms in total. The van der Waals surface area contributed by atoms with E-state index in [2.05, 4.69) is 16.7 Å². The fourth-order valence-electron chi connectivity index (χ4n) is 2.00. The summed E-state index contributed by atoms with van der Waals surface area (Å²) in [4.78, 5) is 10.8. The molecule has 0 bridgehead atoms. The lowest BCUT2D eigenvalue weighted by atomic mass is 10.1. The van der Waals surface area contributed by atoms with Crippen molar-refractivity contribution >= 4 is 22.7 Å². The molecule has 0 aliphatic heterocycles. The van der Waals surface area contributed by atoms with E-state index in [0.717, 1.165) is 11.3 Å². The lowest BCUT2D eigenvalue weighted by Crippen LogP contribution is -2.01. The Bertz CT molecular complexity index is 690. The molecule has 0 fully saturated rings. The maximum atomic E-state index is 11.2. The van der Waals surface area contributed by atoms with Crippen LogP contribution in [0.2, 0.25) is 0 Å². The van der Waals surface area contributed by atoms with Crippen molar-refractivity contribution in [1.82, 2.24) is 0 Å². The Morgan fingerprint density at radius 3 is 2.43 bits per heavy atom. The van der Waals surface area contributed by atoms with Gasteiger partial charge in [-0.3, -0.25) is 10.1 Å². The summed E-state index contributed by atoms with van der Waals surface area (Å²) in [5.41, 5.74) is 2.50. The zero-order valence-corrected chi connectivity index (χ0v) is 11.5. The van der Waals surface area contributed by atoms with Crippen LogP contribution in [-0.4, -0.2) is 12.0 Å². The Morgan fingerprint density at radius 1 is 1.19 bits per heavy atom. The molecule has 2 aromatic carbocycles. The maximum absolute atomic E-state index is 11.2. The van der Waals surface area contributed by atoms with Crippen molar-refractivity contribution in [1.29, 1.82) is 5.26 Å². The van der Waals surface area contributed by atoms with Gasteiger partial charge in [0.1, 0.15) is 11.4 Å². The lowest BCUT2D eigenvalue weighted by Gasteiger charge is -2.10. The summed E-state index contributed by atoms with van der Waals surface area (Å²) in [5.74, 6) is 0. The number of rotatable bonds is 5. The molecule has 21 heavy (non-hydrogen) atoms. The largest absolute Gasteiger partial charge is 0.382 e. The third-order valence-corrected chi connectivity index (χ3v) is 3.00. The monoisotopic (exact) mass is 282 g/mol. The van der Waals surface area contributed by atoms with Crippen LogP contribution >= 0.6 is 0 Å². The highest BCUT2D eigenvalue weighted by atomic mass is 16.6. The second kappa shape index (κ2) is 6.39. The van der Waals surface area contributed by atoms with Crippen LogP contribution in [0.25, 0.3) is 0 Å². The second-order valence-corrected chi connectivity index (χ2v) is 4.37. The molecule has 0 saturated carbocycles.